The number of hydrogen-bond donors (Lipinski definition) is 4. The van der Waals surface area contributed by atoms with E-state index in [1.54, 1.807) is 4.90 Å². The molecular weight excluding hydrogens is 693 g/mol. The molecule has 1 aliphatic carbocycles. The highest BCUT2D eigenvalue weighted by Crippen LogP contribution is 2.32. The summed E-state index contributed by atoms with van der Waals surface area (Å²) in [7, 11) is 0. The fraction of sp³-hybridized carbons (Fsp3) is 0.556. The lowest BCUT2D eigenvalue weighted by Gasteiger charge is -2.41. The number of aliphatic hydroxyl groups is 1. The molecule has 0 bridgehead atoms. The zero-order valence-electron chi connectivity index (χ0n) is 33.4. The Morgan fingerprint density at radius 2 is 1.58 bits per heavy atom. The van der Waals surface area contributed by atoms with Crippen LogP contribution in [0.4, 0.5) is 4.79 Å². The molecule has 5 atom stereocenters. The number of nitrogens with one attached hydrogen (secondary N) is 2. The highest BCUT2D eigenvalue weighted by molar-refractivity contribution is 5.93. The highest BCUT2D eigenvalue weighted by Gasteiger charge is 2.38. The van der Waals surface area contributed by atoms with Crippen molar-refractivity contribution in [2.24, 2.45) is 23.5 Å². The number of carbonyl (C=O) groups is 4. The van der Waals surface area contributed by atoms with Crippen molar-refractivity contribution >= 4 is 34.6 Å². The summed E-state index contributed by atoms with van der Waals surface area (Å²) in [6.07, 6.45) is 7.06. The van der Waals surface area contributed by atoms with Crippen molar-refractivity contribution in [1.29, 1.82) is 0 Å². The van der Waals surface area contributed by atoms with Crippen LogP contribution >= 0.6 is 0 Å². The standard InChI is InChI=1S/C45H64N4O6/c1-5-7-25-38(44(53)49(29-31(3)4)40(26-32-17-10-8-11-18-32)41(50)28-34(6-2)42(46)51)47-43(52)39(48-45(54)55-30-33-19-12-9-13-20-33)27-36-23-16-22-35-21-14-15-24-37(35)36/h9,12-16,19-24,31-32,34,38-41,50H,5-8,10-11,17-18,25-30H2,1-4H3,(H2,46,51)(H,47,52)(H,48,54)/t34-,38-,39-,40-,41-/m0/s1. The van der Waals surface area contributed by atoms with Crippen LogP contribution in [0, 0.1) is 17.8 Å². The summed E-state index contributed by atoms with van der Waals surface area (Å²) in [5, 5.41) is 19.7. The van der Waals surface area contributed by atoms with Crippen LogP contribution in [-0.4, -0.2) is 64.6 Å². The third-order valence-electron chi connectivity index (χ3n) is 11.0. The predicted molar refractivity (Wildman–Crippen MR) is 218 cm³/mol. The zero-order chi connectivity index (χ0) is 39.7. The number of hydrogen-bond acceptors (Lipinski definition) is 6. The maximum Gasteiger partial charge on any atom is 0.408 e. The second-order valence-corrected chi connectivity index (χ2v) is 15.8. The predicted octanol–water partition coefficient (Wildman–Crippen LogP) is 7.44. The molecule has 4 rings (SSSR count). The number of unbranched alkanes of at least 4 members (excludes halogenated alkanes) is 1. The SMILES string of the molecule is CCCC[C@H](NC(=O)[C@H](Cc1cccc2ccccc12)NC(=O)OCc1ccccc1)C(=O)N(CC(C)C)[C@@H](CC1CCCCC1)[C@@H](O)C[C@H](CC)C(N)=O. The van der Waals surface area contributed by atoms with E-state index in [-0.39, 0.29) is 31.3 Å². The van der Waals surface area contributed by atoms with Crippen LogP contribution < -0.4 is 16.4 Å². The number of alkyl carbamates (subject to hydrolysis) is 1. The van der Waals surface area contributed by atoms with E-state index in [2.05, 4.69) is 10.6 Å². The van der Waals surface area contributed by atoms with Gasteiger partial charge in [0.05, 0.1) is 12.1 Å². The van der Waals surface area contributed by atoms with Crippen molar-refractivity contribution in [3.8, 4) is 0 Å². The number of benzene rings is 3. The Morgan fingerprint density at radius 1 is 0.891 bits per heavy atom. The summed E-state index contributed by atoms with van der Waals surface area (Å²) in [6.45, 7) is 8.40. The molecule has 1 aliphatic rings. The number of carbonyl (C=O) groups excluding carboxylic acids is 4. The number of amides is 4. The number of primary amides is 1. The van der Waals surface area contributed by atoms with Crippen LogP contribution in [0.1, 0.15) is 109 Å². The summed E-state index contributed by atoms with van der Waals surface area (Å²) < 4.78 is 5.55. The third-order valence-corrected chi connectivity index (χ3v) is 11.0. The molecule has 10 heteroatoms. The number of nitrogens with zero attached hydrogens (tertiary/aromatic N) is 1. The van der Waals surface area contributed by atoms with E-state index in [0.29, 0.717) is 38.1 Å². The molecule has 0 aliphatic heterocycles. The molecule has 0 unspecified atom stereocenters. The van der Waals surface area contributed by atoms with Crippen molar-refractivity contribution in [3.05, 3.63) is 83.9 Å². The van der Waals surface area contributed by atoms with E-state index >= 15 is 0 Å². The van der Waals surface area contributed by atoms with Gasteiger partial charge in [-0.15, -0.1) is 0 Å². The molecule has 0 saturated heterocycles. The van der Waals surface area contributed by atoms with Crippen LogP contribution in [0.3, 0.4) is 0 Å². The molecule has 0 aromatic heterocycles. The molecule has 0 heterocycles. The van der Waals surface area contributed by atoms with Gasteiger partial charge in [-0.05, 0) is 59.4 Å². The normalized spacial score (nSPS) is 16.1. The van der Waals surface area contributed by atoms with Gasteiger partial charge >= 0.3 is 6.09 Å². The summed E-state index contributed by atoms with van der Waals surface area (Å²) in [5.74, 6) is -1.32. The monoisotopic (exact) mass is 756 g/mol. The van der Waals surface area contributed by atoms with E-state index in [0.717, 1.165) is 54.0 Å². The Kier molecular flexibility index (Phi) is 17.5. The quantitative estimate of drug-likeness (QED) is 0.0888. The van der Waals surface area contributed by atoms with Crippen LogP contribution in [0.2, 0.25) is 0 Å². The van der Waals surface area contributed by atoms with Gasteiger partial charge in [-0.25, -0.2) is 4.79 Å². The Morgan fingerprint density at radius 3 is 2.25 bits per heavy atom. The lowest BCUT2D eigenvalue weighted by Crippen LogP contribution is -2.59. The maximum absolute atomic E-state index is 14.9. The van der Waals surface area contributed by atoms with Crippen molar-refractivity contribution in [1.82, 2.24) is 15.5 Å². The second-order valence-electron chi connectivity index (χ2n) is 15.8. The van der Waals surface area contributed by atoms with Crippen molar-refractivity contribution in [2.45, 2.75) is 136 Å². The zero-order valence-corrected chi connectivity index (χ0v) is 33.4. The van der Waals surface area contributed by atoms with Gasteiger partial charge in [0.25, 0.3) is 0 Å². The first-order valence-corrected chi connectivity index (χ1v) is 20.5. The van der Waals surface area contributed by atoms with Gasteiger partial charge in [0, 0.05) is 18.9 Å². The van der Waals surface area contributed by atoms with E-state index in [1.807, 2.05) is 100 Å². The van der Waals surface area contributed by atoms with Crippen LogP contribution in [0.15, 0.2) is 72.8 Å². The molecule has 300 valence electrons. The van der Waals surface area contributed by atoms with Gasteiger partial charge in [-0.2, -0.15) is 0 Å². The van der Waals surface area contributed by atoms with Crippen molar-refractivity contribution in [2.75, 3.05) is 6.54 Å². The third kappa shape index (κ3) is 13.4. The Hall–Kier alpha value is -4.44. The number of rotatable bonds is 21. The lowest BCUT2D eigenvalue weighted by atomic mass is 9.81. The van der Waals surface area contributed by atoms with Crippen LogP contribution in [0.5, 0.6) is 0 Å². The lowest BCUT2D eigenvalue weighted by molar-refractivity contribution is -0.143. The van der Waals surface area contributed by atoms with Crippen LogP contribution in [0.25, 0.3) is 10.8 Å². The van der Waals surface area contributed by atoms with Gasteiger partial charge < -0.3 is 31.1 Å². The molecular formula is C45H64N4O6. The summed E-state index contributed by atoms with van der Waals surface area (Å²) in [4.78, 5) is 56.7. The van der Waals surface area contributed by atoms with E-state index in [4.69, 9.17) is 10.5 Å². The smallest absolute Gasteiger partial charge is 0.408 e. The second kappa shape index (κ2) is 22.2. The molecule has 55 heavy (non-hydrogen) atoms. The molecule has 3 aromatic carbocycles. The highest BCUT2D eigenvalue weighted by atomic mass is 16.5. The summed E-state index contributed by atoms with van der Waals surface area (Å²) >= 11 is 0. The minimum atomic E-state index is -1.05. The number of nitrogens with two attached hydrogens (primary N) is 1. The Labute approximate surface area is 328 Å². The number of ether oxygens (including phenoxy) is 1. The molecule has 5 N–H and O–H groups in total. The molecule has 4 amide bonds. The average Bonchev–Trinajstić information content (AvgIpc) is 3.19. The molecule has 0 spiro atoms. The molecule has 0 radical (unpaired) electrons. The van der Waals surface area contributed by atoms with Crippen molar-refractivity contribution in [3.63, 3.8) is 0 Å². The summed E-state index contributed by atoms with van der Waals surface area (Å²) in [6, 6.07) is 20.6. The summed E-state index contributed by atoms with van der Waals surface area (Å²) in [5.41, 5.74) is 7.42. The minimum absolute atomic E-state index is 0.0381. The average molecular weight is 757 g/mol. The van der Waals surface area contributed by atoms with Gasteiger partial charge in [-0.1, -0.05) is 145 Å². The minimum Gasteiger partial charge on any atom is -0.445 e. The fourth-order valence-corrected chi connectivity index (χ4v) is 7.92. The largest absolute Gasteiger partial charge is 0.445 e. The van der Waals surface area contributed by atoms with E-state index in [1.165, 1.54) is 6.42 Å². The first-order valence-electron chi connectivity index (χ1n) is 20.5. The first-order chi connectivity index (χ1) is 26.5. The van der Waals surface area contributed by atoms with Crippen LogP contribution in [-0.2, 0) is 32.1 Å². The molecule has 3 aromatic rings. The van der Waals surface area contributed by atoms with Gasteiger partial charge in [0.2, 0.25) is 17.7 Å². The fourth-order valence-electron chi connectivity index (χ4n) is 7.92. The Balaban J connectivity index is 1.65. The number of fused-ring (bicyclic) bond motifs is 1. The van der Waals surface area contributed by atoms with Gasteiger partial charge in [-0.3, -0.25) is 14.4 Å². The van der Waals surface area contributed by atoms with Crippen molar-refractivity contribution < 1.29 is 29.0 Å². The van der Waals surface area contributed by atoms with Gasteiger partial charge in [0.15, 0.2) is 0 Å². The van der Waals surface area contributed by atoms with E-state index < -0.39 is 48.1 Å². The van der Waals surface area contributed by atoms with E-state index in [9.17, 15) is 24.3 Å². The maximum atomic E-state index is 14.9. The molecule has 1 saturated carbocycles. The molecule has 10 nitrogen and oxygen atoms in total. The topological polar surface area (TPSA) is 151 Å². The number of aliphatic hydroxyl groups excluding tert-OH is 1. The van der Waals surface area contributed by atoms with Gasteiger partial charge in [0.1, 0.15) is 18.7 Å². The first kappa shape index (κ1) is 43.3. The molecule has 1 fully saturated rings. The Bertz CT molecular complexity index is 1650.